The van der Waals surface area contributed by atoms with E-state index in [1.54, 1.807) is 30.6 Å². The van der Waals surface area contributed by atoms with Crippen molar-refractivity contribution in [1.29, 1.82) is 0 Å². The molecule has 1 aliphatic carbocycles. The number of pyridine rings is 1. The third kappa shape index (κ3) is 3.55. The zero-order valence-electron chi connectivity index (χ0n) is 13.7. The molecule has 0 spiro atoms. The van der Waals surface area contributed by atoms with Gasteiger partial charge in [-0.05, 0) is 31.0 Å². The van der Waals surface area contributed by atoms with Crippen molar-refractivity contribution in [2.24, 2.45) is 5.41 Å². The van der Waals surface area contributed by atoms with Crippen LogP contribution in [-0.4, -0.2) is 29.1 Å². The minimum absolute atomic E-state index is 0.292. The highest BCUT2D eigenvalue weighted by Gasteiger charge is 2.57. The highest BCUT2D eigenvalue weighted by atomic mass is 16.5. The number of amides is 1. The van der Waals surface area contributed by atoms with Crippen LogP contribution in [0.4, 0.5) is 5.69 Å². The lowest BCUT2D eigenvalue weighted by Crippen LogP contribution is -2.31. The summed E-state index contributed by atoms with van der Waals surface area (Å²) in [6.45, 7) is 0.292. The first kappa shape index (κ1) is 16.8. The molecule has 0 bridgehead atoms. The molecule has 130 valence electrons. The Labute approximate surface area is 144 Å². The predicted octanol–water partition coefficient (Wildman–Crippen LogP) is 2.47. The number of nitrogens with zero attached hydrogens (tertiary/aromatic N) is 1. The van der Waals surface area contributed by atoms with Crippen LogP contribution >= 0.6 is 0 Å². The maximum Gasteiger partial charge on any atom is 0.319 e. The number of carbonyl (C=O) groups excluding carboxylic acids is 1. The monoisotopic (exact) mass is 342 g/mol. The zero-order valence-corrected chi connectivity index (χ0v) is 13.7. The minimum Gasteiger partial charge on any atom is -0.493 e. The van der Waals surface area contributed by atoms with E-state index in [1.165, 1.54) is 7.11 Å². The largest absolute Gasteiger partial charge is 0.493 e. The van der Waals surface area contributed by atoms with Crippen LogP contribution in [0.3, 0.4) is 0 Å². The molecule has 3 rings (SSSR count). The Bertz CT molecular complexity index is 787. The third-order valence-corrected chi connectivity index (χ3v) is 4.13. The molecule has 0 saturated heterocycles. The van der Waals surface area contributed by atoms with Crippen molar-refractivity contribution in [3.8, 4) is 11.5 Å². The fourth-order valence-electron chi connectivity index (χ4n) is 2.43. The number of rotatable bonds is 7. The van der Waals surface area contributed by atoms with Gasteiger partial charge in [-0.1, -0.05) is 6.07 Å². The number of anilines is 1. The number of carbonyl (C=O) groups is 2. The van der Waals surface area contributed by atoms with Crippen LogP contribution in [0.1, 0.15) is 18.4 Å². The maximum atomic E-state index is 12.2. The number of hydrogen-bond donors (Lipinski definition) is 2. The summed E-state index contributed by atoms with van der Waals surface area (Å²) in [6, 6.07) is 8.62. The van der Waals surface area contributed by atoms with Crippen LogP contribution in [0, 0.1) is 5.41 Å². The van der Waals surface area contributed by atoms with E-state index in [9.17, 15) is 14.7 Å². The topological polar surface area (TPSA) is 97.8 Å². The van der Waals surface area contributed by atoms with Gasteiger partial charge in [-0.25, -0.2) is 0 Å². The van der Waals surface area contributed by atoms with Gasteiger partial charge < -0.3 is 19.9 Å². The molecular weight excluding hydrogens is 324 g/mol. The number of ether oxygens (including phenoxy) is 2. The number of nitrogens with one attached hydrogen (secondary N) is 1. The van der Waals surface area contributed by atoms with Crippen LogP contribution in [0.15, 0.2) is 42.7 Å². The standard InChI is InChI=1S/C18H18N2O5/c1-24-14-5-4-13(20-16(21)18(6-7-18)17(22)23)9-15(14)25-11-12-3-2-8-19-10-12/h2-5,8-10H,6-7,11H2,1H3,(H,20,21)(H,22,23). The Kier molecular flexibility index (Phi) is 4.56. The van der Waals surface area contributed by atoms with Gasteiger partial charge in [0.05, 0.1) is 7.11 Å². The summed E-state index contributed by atoms with van der Waals surface area (Å²) in [4.78, 5) is 27.5. The van der Waals surface area contributed by atoms with Crippen molar-refractivity contribution in [3.63, 3.8) is 0 Å². The maximum absolute atomic E-state index is 12.2. The molecule has 0 atom stereocenters. The third-order valence-electron chi connectivity index (χ3n) is 4.13. The lowest BCUT2D eigenvalue weighted by molar-refractivity contribution is -0.147. The molecule has 0 aliphatic heterocycles. The molecule has 0 radical (unpaired) electrons. The lowest BCUT2D eigenvalue weighted by atomic mass is 10.1. The van der Waals surface area contributed by atoms with Gasteiger partial charge >= 0.3 is 5.97 Å². The molecule has 1 amide bonds. The van der Waals surface area contributed by atoms with Gasteiger partial charge in [-0.3, -0.25) is 14.6 Å². The number of methoxy groups -OCH3 is 1. The fourth-order valence-corrected chi connectivity index (χ4v) is 2.43. The van der Waals surface area contributed by atoms with Gasteiger partial charge in [0.25, 0.3) is 0 Å². The summed E-state index contributed by atoms with van der Waals surface area (Å²) in [5.41, 5.74) is 0.0535. The summed E-state index contributed by atoms with van der Waals surface area (Å²) in [7, 11) is 1.52. The number of aliphatic carboxylic acids is 1. The highest BCUT2D eigenvalue weighted by molar-refractivity contribution is 6.10. The molecule has 1 heterocycles. The van der Waals surface area contributed by atoms with Gasteiger partial charge in [0.15, 0.2) is 11.5 Å². The first-order chi connectivity index (χ1) is 12.0. The second-order valence-electron chi connectivity index (χ2n) is 5.86. The lowest BCUT2D eigenvalue weighted by Gasteiger charge is -2.14. The number of hydrogen-bond acceptors (Lipinski definition) is 5. The quantitative estimate of drug-likeness (QED) is 0.750. The molecule has 2 aromatic rings. The molecule has 0 unspecified atom stereocenters. The molecule has 2 N–H and O–H groups in total. The van der Waals surface area contributed by atoms with E-state index in [-0.39, 0.29) is 0 Å². The fraction of sp³-hybridized carbons (Fsp3) is 0.278. The van der Waals surface area contributed by atoms with Crippen molar-refractivity contribution in [2.75, 3.05) is 12.4 Å². The number of benzene rings is 1. The van der Waals surface area contributed by atoms with Gasteiger partial charge in [0.1, 0.15) is 12.0 Å². The second-order valence-corrected chi connectivity index (χ2v) is 5.86. The zero-order chi connectivity index (χ0) is 17.9. The number of carboxylic acids is 1. The Balaban J connectivity index is 1.73. The Morgan fingerprint density at radius 2 is 2.08 bits per heavy atom. The van der Waals surface area contributed by atoms with E-state index in [1.807, 2.05) is 12.1 Å². The Morgan fingerprint density at radius 1 is 1.28 bits per heavy atom. The van der Waals surface area contributed by atoms with Crippen molar-refractivity contribution in [2.45, 2.75) is 19.4 Å². The normalized spacial score (nSPS) is 14.4. The number of aromatic nitrogens is 1. The van der Waals surface area contributed by atoms with Crippen molar-refractivity contribution >= 4 is 17.6 Å². The minimum atomic E-state index is -1.29. The summed E-state index contributed by atoms with van der Waals surface area (Å²) in [5, 5.41) is 11.8. The Morgan fingerprint density at radius 3 is 2.68 bits per heavy atom. The van der Waals surface area contributed by atoms with Gasteiger partial charge in [0.2, 0.25) is 5.91 Å². The summed E-state index contributed by atoms with van der Waals surface area (Å²) >= 11 is 0. The highest BCUT2D eigenvalue weighted by Crippen LogP contribution is 2.47. The van der Waals surface area contributed by atoms with E-state index >= 15 is 0 Å². The SMILES string of the molecule is COc1ccc(NC(=O)C2(C(=O)O)CC2)cc1OCc1cccnc1. The van der Waals surface area contributed by atoms with Crippen molar-refractivity contribution in [3.05, 3.63) is 48.3 Å². The van der Waals surface area contributed by atoms with Gasteiger partial charge in [0, 0.05) is 29.7 Å². The summed E-state index contributed by atoms with van der Waals surface area (Å²) in [5.74, 6) is -0.638. The first-order valence-electron chi connectivity index (χ1n) is 7.80. The predicted molar refractivity (Wildman–Crippen MR) is 89.5 cm³/mol. The molecule has 7 nitrogen and oxygen atoms in total. The van der Waals surface area contributed by atoms with Crippen molar-refractivity contribution < 1.29 is 24.2 Å². The summed E-state index contributed by atoms with van der Waals surface area (Å²) in [6.07, 6.45) is 4.08. The molecule has 7 heteroatoms. The van der Waals surface area contributed by atoms with E-state index in [4.69, 9.17) is 9.47 Å². The molecule has 25 heavy (non-hydrogen) atoms. The molecular formula is C18H18N2O5. The average Bonchev–Trinajstić information content (AvgIpc) is 3.43. The van der Waals surface area contributed by atoms with Gasteiger partial charge in [-0.2, -0.15) is 0 Å². The first-order valence-corrected chi connectivity index (χ1v) is 7.80. The molecule has 1 fully saturated rings. The van der Waals surface area contributed by atoms with E-state index in [0.717, 1.165) is 5.56 Å². The molecule has 1 aromatic carbocycles. The van der Waals surface area contributed by atoms with E-state index in [2.05, 4.69) is 10.3 Å². The van der Waals surface area contributed by atoms with E-state index < -0.39 is 17.3 Å². The second kappa shape index (κ2) is 6.80. The smallest absolute Gasteiger partial charge is 0.319 e. The van der Waals surface area contributed by atoms with Crippen LogP contribution < -0.4 is 14.8 Å². The summed E-state index contributed by atoms with van der Waals surface area (Å²) < 4.78 is 11.0. The Hall–Kier alpha value is -3.09. The van der Waals surface area contributed by atoms with Crippen LogP contribution in [0.5, 0.6) is 11.5 Å². The average molecular weight is 342 g/mol. The van der Waals surface area contributed by atoms with Crippen LogP contribution in [-0.2, 0) is 16.2 Å². The molecule has 1 aliphatic rings. The van der Waals surface area contributed by atoms with Gasteiger partial charge in [-0.15, -0.1) is 0 Å². The number of carboxylic acid groups (broad SMARTS) is 1. The van der Waals surface area contributed by atoms with Crippen LogP contribution in [0.25, 0.3) is 0 Å². The molecule has 1 aromatic heterocycles. The van der Waals surface area contributed by atoms with Crippen molar-refractivity contribution in [1.82, 2.24) is 4.98 Å². The van der Waals surface area contributed by atoms with E-state index in [0.29, 0.717) is 36.6 Å². The van der Waals surface area contributed by atoms with Crippen LogP contribution in [0.2, 0.25) is 0 Å². The molecule has 1 saturated carbocycles.